The van der Waals surface area contributed by atoms with Crippen LogP contribution in [0.5, 0.6) is 5.75 Å². The topological polar surface area (TPSA) is 100 Å². The zero-order valence-corrected chi connectivity index (χ0v) is 15.7. The molecule has 0 saturated heterocycles. The number of methoxy groups -OCH3 is 1. The lowest BCUT2D eigenvalue weighted by molar-refractivity contribution is -0.118. The Labute approximate surface area is 166 Å². The minimum atomic E-state index is -0.895. The first-order valence-electron chi connectivity index (χ1n) is 8.35. The Bertz CT molecular complexity index is 998. The predicted octanol–water partition coefficient (Wildman–Crippen LogP) is 2.80. The Hall–Kier alpha value is -3.44. The number of nitriles is 1. The maximum absolute atomic E-state index is 13.4. The van der Waals surface area contributed by atoms with Crippen LogP contribution in [-0.2, 0) is 4.79 Å². The molecule has 142 valence electrons. The molecule has 0 fully saturated rings. The van der Waals surface area contributed by atoms with Crippen LogP contribution in [0.4, 0.5) is 10.1 Å². The van der Waals surface area contributed by atoms with Gasteiger partial charge in [0, 0.05) is 17.7 Å². The van der Waals surface area contributed by atoms with Gasteiger partial charge < -0.3 is 21.1 Å². The van der Waals surface area contributed by atoms with Crippen LogP contribution in [0.15, 0.2) is 59.9 Å². The molecule has 1 aliphatic rings. The van der Waals surface area contributed by atoms with E-state index in [9.17, 15) is 14.4 Å². The summed E-state index contributed by atoms with van der Waals surface area (Å²) in [5.41, 5.74) is 7.18. The zero-order chi connectivity index (χ0) is 20.3. The van der Waals surface area contributed by atoms with Gasteiger partial charge >= 0.3 is 0 Å². The maximum atomic E-state index is 13.4. The van der Waals surface area contributed by atoms with Gasteiger partial charge in [-0.25, -0.2) is 4.39 Å². The van der Waals surface area contributed by atoms with Gasteiger partial charge in [-0.2, -0.15) is 5.26 Å². The number of nitrogens with zero attached hydrogens (tertiary/aromatic N) is 1. The molecule has 3 rings (SSSR count). The Morgan fingerprint density at radius 3 is 2.68 bits per heavy atom. The summed E-state index contributed by atoms with van der Waals surface area (Å²) in [4.78, 5) is 13.3. The van der Waals surface area contributed by atoms with Gasteiger partial charge in [-0.05, 0) is 29.8 Å². The van der Waals surface area contributed by atoms with Gasteiger partial charge in [0.15, 0.2) is 0 Å². The molecule has 8 heteroatoms. The van der Waals surface area contributed by atoms with Crippen LogP contribution in [0.25, 0.3) is 0 Å². The van der Waals surface area contributed by atoms with Gasteiger partial charge in [0.2, 0.25) is 5.91 Å². The van der Waals surface area contributed by atoms with E-state index in [0.717, 1.165) is 0 Å². The Balaban J connectivity index is 2.00. The van der Waals surface area contributed by atoms with Crippen LogP contribution < -0.4 is 21.1 Å². The van der Waals surface area contributed by atoms with E-state index in [1.807, 2.05) is 6.07 Å². The monoisotopic (exact) mass is 396 g/mol. The van der Waals surface area contributed by atoms with Crippen LogP contribution in [0, 0.1) is 23.1 Å². The molecule has 0 aliphatic carbocycles. The number of hydrogen-bond donors (Lipinski definition) is 3. The quantitative estimate of drug-likeness (QED) is 0.687. The molecular weight excluding hydrogens is 379 g/mol. The van der Waals surface area contributed by atoms with E-state index in [1.54, 1.807) is 24.3 Å². The number of nitrogens with one attached hydrogen (secondary N) is 2. The highest BCUT2D eigenvalue weighted by atomic mass is 32.1. The lowest BCUT2D eigenvalue weighted by Crippen LogP contribution is -2.46. The summed E-state index contributed by atoms with van der Waals surface area (Å²) in [6.07, 6.45) is 0. The number of hydrogen-bond acceptors (Lipinski definition) is 5. The Kier molecular flexibility index (Phi) is 5.57. The zero-order valence-electron chi connectivity index (χ0n) is 14.9. The Morgan fingerprint density at radius 2 is 2.04 bits per heavy atom. The average Bonchev–Trinajstić information content (AvgIpc) is 2.68. The van der Waals surface area contributed by atoms with Crippen molar-refractivity contribution < 1.29 is 13.9 Å². The molecule has 28 heavy (non-hydrogen) atoms. The van der Waals surface area contributed by atoms with E-state index in [1.165, 1.54) is 31.4 Å². The van der Waals surface area contributed by atoms with Crippen LogP contribution >= 0.6 is 12.2 Å². The number of thiocarbonyl (C=S) groups is 1. The third kappa shape index (κ3) is 3.80. The largest absolute Gasteiger partial charge is 0.497 e. The molecule has 0 bridgehead atoms. The second-order valence-corrected chi connectivity index (χ2v) is 6.60. The lowest BCUT2D eigenvalue weighted by atomic mass is 9.78. The highest BCUT2D eigenvalue weighted by molar-refractivity contribution is 7.80. The van der Waals surface area contributed by atoms with Crippen molar-refractivity contribution in [2.75, 3.05) is 12.4 Å². The van der Waals surface area contributed by atoms with Gasteiger partial charge in [-0.3, -0.25) is 4.79 Å². The van der Waals surface area contributed by atoms with E-state index in [2.05, 4.69) is 10.6 Å². The van der Waals surface area contributed by atoms with Crippen molar-refractivity contribution >= 4 is 28.8 Å². The van der Waals surface area contributed by atoms with Crippen molar-refractivity contribution in [3.05, 3.63) is 71.3 Å². The molecule has 0 spiro atoms. The van der Waals surface area contributed by atoms with Gasteiger partial charge in [-0.1, -0.05) is 30.4 Å². The number of ether oxygens (including phenoxy) is 1. The minimum absolute atomic E-state index is 0.0901. The second kappa shape index (κ2) is 8.06. The van der Waals surface area contributed by atoms with Gasteiger partial charge in [0.05, 0.1) is 23.7 Å². The molecule has 2 atom stereocenters. The SMILES string of the molecule is COc1cccc(NC(=O)[C@@H]2C(=S)NC(N)=C(C#N)[C@H]2c2ccc(F)cc2)c1. The van der Waals surface area contributed by atoms with E-state index in [4.69, 9.17) is 22.7 Å². The molecule has 0 saturated carbocycles. The third-order valence-corrected chi connectivity index (χ3v) is 4.80. The number of carbonyl (C=O) groups excluding carboxylic acids is 1. The number of amides is 1. The fourth-order valence-electron chi connectivity index (χ4n) is 3.11. The van der Waals surface area contributed by atoms with Gasteiger partial charge in [0.25, 0.3) is 0 Å². The number of anilines is 1. The lowest BCUT2D eigenvalue weighted by Gasteiger charge is -2.32. The molecule has 4 N–H and O–H groups in total. The fraction of sp³-hybridized carbons (Fsp3) is 0.150. The summed E-state index contributed by atoms with van der Waals surface area (Å²) >= 11 is 5.35. The number of nitrogens with two attached hydrogens (primary N) is 1. The molecular formula is C20H17FN4O2S. The van der Waals surface area contributed by atoms with E-state index >= 15 is 0 Å². The molecule has 1 heterocycles. The van der Waals surface area contributed by atoms with Gasteiger partial charge in [0.1, 0.15) is 23.3 Å². The molecule has 6 nitrogen and oxygen atoms in total. The summed E-state index contributed by atoms with van der Waals surface area (Å²) in [5, 5.41) is 15.1. The summed E-state index contributed by atoms with van der Waals surface area (Å²) in [6.45, 7) is 0. The van der Waals surface area contributed by atoms with Crippen molar-refractivity contribution in [3.63, 3.8) is 0 Å². The normalized spacial score (nSPS) is 18.8. The number of benzene rings is 2. The van der Waals surface area contributed by atoms with Crippen LogP contribution in [-0.4, -0.2) is 18.0 Å². The number of allylic oxidation sites excluding steroid dienone is 1. The highest BCUT2D eigenvalue weighted by Gasteiger charge is 2.40. The highest BCUT2D eigenvalue weighted by Crippen LogP contribution is 2.37. The summed E-state index contributed by atoms with van der Waals surface area (Å²) in [7, 11) is 1.53. The van der Waals surface area contributed by atoms with E-state index in [-0.39, 0.29) is 16.4 Å². The number of carbonyl (C=O) groups is 1. The standard InChI is InChI=1S/C20H17FN4O2S/c1-27-14-4-2-3-13(9-14)24-19(26)17-16(11-5-7-12(21)8-6-11)15(10-22)18(23)25-20(17)28/h2-9,16-17H,23H2,1H3,(H,24,26)(H,25,28)/t16-,17-/m1/s1. The molecule has 0 radical (unpaired) electrons. The van der Waals surface area contributed by atoms with E-state index in [0.29, 0.717) is 17.0 Å². The smallest absolute Gasteiger partial charge is 0.235 e. The number of rotatable bonds is 4. The molecule has 2 aromatic carbocycles. The molecule has 1 amide bonds. The van der Waals surface area contributed by atoms with Crippen molar-refractivity contribution in [1.82, 2.24) is 5.32 Å². The second-order valence-electron chi connectivity index (χ2n) is 6.16. The van der Waals surface area contributed by atoms with Crippen molar-refractivity contribution in [1.29, 1.82) is 5.26 Å². The minimum Gasteiger partial charge on any atom is -0.497 e. The average molecular weight is 396 g/mol. The predicted molar refractivity (Wildman–Crippen MR) is 107 cm³/mol. The van der Waals surface area contributed by atoms with Crippen LogP contribution in [0.2, 0.25) is 0 Å². The van der Waals surface area contributed by atoms with Crippen molar-refractivity contribution in [3.8, 4) is 11.8 Å². The summed E-state index contributed by atoms with van der Waals surface area (Å²) in [5.74, 6) is -1.79. The van der Waals surface area contributed by atoms with Crippen molar-refractivity contribution in [2.45, 2.75) is 5.92 Å². The first-order chi connectivity index (χ1) is 13.4. The van der Waals surface area contributed by atoms with Gasteiger partial charge in [-0.15, -0.1) is 0 Å². The molecule has 0 unspecified atom stereocenters. The molecule has 1 aliphatic heterocycles. The van der Waals surface area contributed by atoms with Crippen LogP contribution in [0.1, 0.15) is 11.5 Å². The first kappa shape index (κ1) is 19.3. The maximum Gasteiger partial charge on any atom is 0.235 e. The molecule has 2 aromatic rings. The Morgan fingerprint density at radius 1 is 1.32 bits per heavy atom. The van der Waals surface area contributed by atoms with Crippen molar-refractivity contribution in [2.24, 2.45) is 11.7 Å². The van der Waals surface area contributed by atoms with E-state index < -0.39 is 23.6 Å². The first-order valence-corrected chi connectivity index (χ1v) is 8.76. The van der Waals surface area contributed by atoms with Crippen LogP contribution in [0.3, 0.4) is 0 Å². The summed E-state index contributed by atoms with van der Waals surface area (Å²) < 4.78 is 18.5. The number of halogens is 1. The molecule has 0 aromatic heterocycles. The fourth-order valence-corrected chi connectivity index (χ4v) is 3.47. The summed E-state index contributed by atoms with van der Waals surface area (Å²) in [6, 6.07) is 14.5. The third-order valence-electron chi connectivity index (χ3n) is 4.44.